The molecule has 1 heteroatoms. The van der Waals surface area contributed by atoms with Gasteiger partial charge in [0.05, 0.1) is 0 Å². The van der Waals surface area contributed by atoms with Crippen molar-refractivity contribution in [3.8, 4) is 0 Å². The van der Waals surface area contributed by atoms with E-state index < -0.39 is 5.83 Å². The van der Waals surface area contributed by atoms with Gasteiger partial charge in [0.2, 0.25) is 0 Å². The zero-order valence-electron chi connectivity index (χ0n) is 7.08. The molecular formula is C10H13F. The van der Waals surface area contributed by atoms with E-state index in [-0.39, 0.29) is 0 Å². The lowest BCUT2D eigenvalue weighted by Crippen LogP contribution is -1.85. The smallest absolute Gasteiger partial charge is 0.116 e. The number of halogens is 1. The van der Waals surface area contributed by atoms with Crippen LogP contribution in [0.4, 0.5) is 4.39 Å². The third-order valence-electron chi connectivity index (χ3n) is 1.22. The van der Waals surface area contributed by atoms with E-state index in [1.165, 1.54) is 6.08 Å². The summed E-state index contributed by atoms with van der Waals surface area (Å²) in [6.07, 6.45) is 1.34. The molecule has 0 fully saturated rings. The Morgan fingerprint density at radius 2 is 1.45 bits per heavy atom. The summed E-state index contributed by atoms with van der Waals surface area (Å²) in [6.45, 7) is 14.1. The molecule has 11 heavy (non-hydrogen) atoms. The van der Waals surface area contributed by atoms with Gasteiger partial charge in [-0.25, -0.2) is 4.39 Å². The molecule has 0 aromatic carbocycles. The van der Waals surface area contributed by atoms with Crippen LogP contribution in [-0.2, 0) is 0 Å². The zero-order valence-corrected chi connectivity index (χ0v) is 7.08. The summed E-state index contributed by atoms with van der Waals surface area (Å²) in [6, 6.07) is 0. The van der Waals surface area contributed by atoms with Crippen LogP contribution in [0.5, 0.6) is 0 Å². The Hall–Kier alpha value is -1.11. The first-order valence-corrected chi connectivity index (χ1v) is 3.33. The van der Waals surface area contributed by atoms with Gasteiger partial charge in [0.1, 0.15) is 5.83 Å². The van der Waals surface area contributed by atoms with Crippen LogP contribution < -0.4 is 0 Å². The van der Waals surface area contributed by atoms with Crippen molar-refractivity contribution in [1.82, 2.24) is 0 Å². The van der Waals surface area contributed by atoms with E-state index in [4.69, 9.17) is 0 Å². The maximum absolute atomic E-state index is 12.3. The lowest BCUT2D eigenvalue weighted by molar-refractivity contribution is 0.670. The van der Waals surface area contributed by atoms with Crippen molar-refractivity contribution < 1.29 is 4.39 Å². The fraction of sp³-hybridized carbons (Fsp3) is 0.200. The highest BCUT2D eigenvalue weighted by Crippen LogP contribution is 2.17. The SMILES string of the molecule is C=C(F)C=C(C(=C)C)C(=C)C. The second-order valence-electron chi connectivity index (χ2n) is 2.57. The molecule has 0 spiro atoms. The van der Waals surface area contributed by atoms with Crippen LogP contribution in [0.2, 0.25) is 0 Å². The molecule has 0 aromatic rings. The molecule has 0 aliphatic rings. The number of rotatable bonds is 3. The highest BCUT2D eigenvalue weighted by molar-refractivity contribution is 5.44. The van der Waals surface area contributed by atoms with Crippen LogP contribution in [0.15, 0.2) is 48.4 Å². The Morgan fingerprint density at radius 1 is 1.09 bits per heavy atom. The predicted molar refractivity (Wildman–Crippen MR) is 48.0 cm³/mol. The molecule has 0 bridgehead atoms. The molecule has 0 aliphatic carbocycles. The highest BCUT2D eigenvalue weighted by Gasteiger charge is 1.98. The molecule has 0 radical (unpaired) electrons. The lowest BCUT2D eigenvalue weighted by Gasteiger charge is -2.04. The van der Waals surface area contributed by atoms with Crippen LogP contribution in [0.3, 0.4) is 0 Å². The predicted octanol–water partition coefficient (Wildman–Crippen LogP) is 3.55. The second kappa shape index (κ2) is 3.91. The Bertz CT molecular complexity index is 215. The molecule has 0 saturated carbocycles. The van der Waals surface area contributed by atoms with Crippen LogP contribution in [-0.4, -0.2) is 0 Å². The van der Waals surface area contributed by atoms with Gasteiger partial charge in [0.15, 0.2) is 0 Å². The lowest BCUT2D eigenvalue weighted by atomic mass is 10.0. The molecule has 0 amide bonds. The minimum Gasteiger partial charge on any atom is -0.208 e. The van der Waals surface area contributed by atoms with Gasteiger partial charge in [-0.05, 0) is 25.5 Å². The third kappa shape index (κ3) is 3.56. The van der Waals surface area contributed by atoms with Gasteiger partial charge < -0.3 is 0 Å². The first-order chi connectivity index (χ1) is 4.95. The van der Waals surface area contributed by atoms with E-state index in [0.717, 1.165) is 16.7 Å². The molecule has 0 aliphatic heterocycles. The summed E-state index contributed by atoms with van der Waals surface area (Å²) >= 11 is 0. The fourth-order valence-electron chi connectivity index (χ4n) is 0.767. The Balaban J connectivity index is 4.75. The van der Waals surface area contributed by atoms with Gasteiger partial charge in [-0.15, -0.1) is 0 Å². The summed E-state index contributed by atoms with van der Waals surface area (Å²) in [5.74, 6) is -0.467. The second-order valence-corrected chi connectivity index (χ2v) is 2.57. The maximum Gasteiger partial charge on any atom is 0.116 e. The van der Waals surface area contributed by atoms with Gasteiger partial charge in [-0.1, -0.05) is 30.9 Å². The maximum atomic E-state index is 12.3. The average molecular weight is 152 g/mol. The molecule has 0 unspecified atom stereocenters. The van der Waals surface area contributed by atoms with Crippen molar-refractivity contribution in [2.45, 2.75) is 13.8 Å². The summed E-state index contributed by atoms with van der Waals surface area (Å²) in [5.41, 5.74) is 2.34. The van der Waals surface area contributed by atoms with E-state index in [1.807, 2.05) is 13.8 Å². The monoisotopic (exact) mass is 152 g/mol. The van der Waals surface area contributed by atoms with Crippen molar-refractivity contribution in [2.24, 2.45) is 0 Å². The van der Waals surface area contributed by atoms with Crippen molar-refractivity contribution in [3.63, 3.8) is 0 Å². The third-order valence-corrected chi connectivity index (χ3v) is 1.22. The standard InChI is InChI=1S/C10H13F/c1-7(2)10(8(3)4)6-9(5)11/h6H,1,3,5H2,2,4H3. The normalized spacial score (nSPS) is 8.64. The Labute approximate surface area is 67.4 Å². The number of hydrogen-bond acceptors (Lipinski definition) is 0. The molecule has 0 nitrogen and oxygen atoms in total. The summed E-state index contributed by atoms with van der Waals surface area (Å²) in [5, 5.41) is 0. The first kappa shape index (κ1) is 9.89. The number of allylic oxidation sites excluding steroid dienone is 5. The van der Waals surface area contributed by atoms with Gasteiger partial charge >= 0.3 is 0 Å². The summed E-state index contributed by atoms with van der Waals surface area (Å²) < 4.78 is 12.3. The molecular weight excluding hydrogens is 139 g/mol. The molecule has 0 atom stereocenters. The van der Waals surface area contributed by atoms with Crippen LogP contribution in [0, 0.1) is 0 Å². The zero-order chi connectivity index (χ0) is 9.02. The molecule has 0 N–H and O–H groups in total. The van der Waals surface area contributed by atoms with Gasteiger partial charge in [0.25, 0.3) is 0 Å². The van der Waals surface area contributed by atoms with Crippen LogP contribution >= 0.6 is 0 Å². The minimum atomic E-state index is -0.467. The first-order valence-electron chi connectivity index (χ1n) is 3.33. The quantitative estimate of drug-likeness (QED) is 0.542. The Morgan fingerprint density at radius 3 is 1.55 bits per heavy atom. The van der Waals surface area contributed by atoms with Crippen LogP contribution in [0.25, 0.3) is 0 Å². The van der Waals surface area contributed by atoms with Crippen LogP contribution in [0.1, 0.15) is 13.8 Å². The van der Waals surface area contributed by atoms with E-state index >= 15 is 0 Å². The highest BCUT2D eigenvalue weighted by atomic mass is 19.1. The fourth-order valence-corrected chi connectivity index (χ4v) is 0.767. The summed E-state index contributed by atoms with van der Waals surface area (Å²) in [4.78, 5) is 0. The van der Waals surface area contributed by atoms with Gasteiger partial charge in [-0.2, -0.15) is 0 Å². The molecule has 60 valence electrons. The molecule has 0 heterocycles. The Kier molecular flexibility index (Phi) is 3.52. The van der Waals surface area contributed by atoms with E-state index in [0.29, 0.717) is 0 Å². The minimum absolute atomic E-state index is 0.467. The molecule has 0 aromatic heterocycles. The van der Waals surface area contributed by atoms with Crippen molar-refractivity contribution in [2.75, 3.05) is 0 Å². The summed E-state index contributed by atoms with van der Waals surface area (Å²) in [7, 11) is 0. The average Bonchev–Trinajstić information content (AvgIpc) is 1.81. The molecule has 0 saturated heterocycles. The van der Waals surface area contributed by atoms with Gasteiger partial charge in [0, 0.05) is 0 Å². The number of hydrogen-bond donors (Lipinski definition) is 0. The van der Waals surface area contributed by atoms with Crippen molar-refractivity contribution in [3.05, 3.63) is 48.4 Å². The van der Waals surface area contributed by atoms with E-state index in [2.05, 4.69) is 19.7 Å². The van der Waals surface area contributed by atoms with E-state index in [1.54, 1.807) is 0 Å². The topological polar surface area (TPSA) is 0 Å². The largest absolute Gasteiger partial charge is 0.208 e. The van der Waals surface area contributed by atoms with E-state index in [9.17, 15) is 4.39 Å². The van der Waals surface area contributed by atoms with Crippen molar-refractivity contribution >= 4 is 0 Å². The van der Waals surface area contributed by atoms with Gasteiger partial charge in [-0.3, -0.25) is 0 Å². The molecule has 0 rings (SSSR count). The van der Waals surface area contributed by atoms with Crippen molar-refractivity contribution in [1.29, 1.82) is 0 Å².